The second-order valence-electron chi connectivity index (χ2n) is 8.47. The lowest BCUT2D eigenvalue weighted by atomic mass is 9.87. The highest BCUT2D eigenvalue weighted by atomic mass is 16.5. The number of ether oxygens (including phenoxy) is 2. The largest absolute Gasteiger partial charge is 0.465 e. The molecule has 1 saturated carbocycles. The summed E-state index contributed by atoms with van der Waals surface area (Å²) in [6.45, 7) is 8.64. The fraction of sp³-hybridized carbons (Fsp3) is 0.667. The van der Waals surface area contributed by atoms with Gasteiger partial charge in [-0.2, -0.15) is 5.26 Å². The Morgan fingerprint density at radius 1 is 1.43 bits per heavy atom. The summed E-state index contributed by atoms with van der Waals surface area (Å²) in [6, 6.07) is 2.02. The number of aromatic nitrogens is 1. The van der Waals surface area contributed by atoms with Crippen LogP contribution in [-0.4, -0.2) is 48.8 Å². The van der Waals surface area contributed by atoms with Crippen molar-refractivity contribution in [2.24, 2.45) is 0 Å². The third kappa shape index (κ3) is 3.59. The molecule has 3 aliphatic rings. The Bertz CT molecular complexity index is 826. The monoisotopic (exact) mass is 384 g/mol. The molecule has 1 N–H and O–H groups in total. The third-order valence-electron chi connectivity index (χ3n) is 5.76. The second kappa shape index (κ2) is 7.34. The number of piperazine rings is 1. The van der Waals surface area contributed by atoms with Crippen molar-refractivity contribution < 1.29 is 14.3 Å². The van der Waals surface area contributed by atoms with Gasteiger partial charge >= 0.3 is 5.97 Å². The van der Waals surface area contributed by atoms with E-state index in [2.05, 4.69) is 30.1 Å². The third-order valence-corrected chi connectivity index (χ3v) is 5.76. The van der Waals surface area contributed by atoms with Gasteiger partial charge in [0.2, 0.25) is 0 Å². The molecule has 3 heterocycles. The molecule has 0 amide bonds. The van der Waals surface area contributed by atoms with E-state index >= 15 is 0 Å². The molecule has 2 fully saturated rings. The summed E-state index contributed by atoms with van der Waals surface area (Å²) >= 11 is 0. The first kappa shape index (κ1) is 19.2. The molecule has 150 valence electrons. The summed E-state index contributed by atoms with van der Waals surface area (Å²) in [4.78, 5) is 19.3. The van der Waals surface area contributed by atoms with Gasteiger partial charge in [-0.15, -0.1) is 0 Å². The van der Waals surface area contributed by atoms with E-state index in [4.69, 9.17) is 14.5 Å². The second-order valence-corrected chi connectivity index (χ2v) is 8.47. The van der Waals surface area contributed by atoms with E-state index in [1.54, 1.807) is 0 Å². The number of nitriles is 1. The molecule has 0 spiro atoms. The van der Waals surface area contributed by atoms with Crippen LogP contribution in [0.15, 0.2) is 0 Å². The van der Waals surface area contributed by atoms with Crippen molar-refractivity contribution in [3.63, 3.8) is 0 Å². The Morgan fingerprint density at radius 3 is 2.89 bits per heavy atom. The minimum atomic E-state index is -0.401. The average molecular weight is 384 g/mol. The number of nitrogens with zero attached hydrogens (tertiary/aromatic N) is 3. The molecule has 1 aliphatic carbocycles. The molecule has 0 radical (unpaired) electrons. The first-order chi connectivity index (χ1) is 13.4. The summed E-state index contributed by atoms with van der Waals surface area (Å²) in [5.41, 5.74) is 3.62. The van der Waals surface area contributed by atoms with E-state index in [0.717, 1.165) is 35.5 Å². The number of nitrogens with one attached hydrogen (secondary N) is 1. The van der Waals surface area contributed by atoms with Crippen LogP contribution >= 0.6 is 0 Å². The van der Waals surface area contributed by atoms with E-state index < -0.39 is 6.04 Å². The van der Waals surface area contributed by atoms with Gasteiger partial charge in [-0.25, -0.2) is 4.98 Å². The topological polar surface area (TPSA) is 87.5 Å². The molecule has 1 saturated heterocycles. The summed E-state index contributed by atoms with van der Waals surface area (Å²) in [6.07, 6.45) is 2.98. The number of hydrogen-bond donors (Lipinski definition) is 1. The van der Waals surface area contributed by atoms with Crippen molar-refractivity contribution in [3.05, 3.63) is 22.4 Å². The average Bonchev–Trinajstić information content (AvgIpc) is 3.51. The Morgan fingerprint density at radius 2 is 2.21 bits per heavy atom. The summed E-state index contributed by atoms with van der Waals surface area (Å²) < 4.78 is 11.2. The van der Waals surface area contributed by atoms with Crippen molar-refractivity contribution in [3.8, 4) is 6.07 Å². The first-order valence-corrected chi connectivity index (χ1v) is 10.2. The standard InChI is InChI=1S/C21H28N4O3/c1-4-27-20(26)17-11-25(8-7-23-17)19-15(10-22)14-9-21(2,3)28-12-16(14)18(24-19)13-5-6-13/h13,17,23H,4-9,11-12H2,1-3H3. The Kier molecular flexibility index (Phi) is 5.02. The van der Waals surface area contributed by atoms with Crippen LogP contribution in [-0.2, 0) is 27.3 Å². The van der Waals surface area contributed by atoms with Gasteiger partial charge in [0.1, 0.15) is 17.9 Å². The molecular weight excluding hydrogens is 356 g/mol. The molecule has 7 heteroatoms. The fourth-order valence-corrected chi connectivity index (χ4v) is 4.16. The lowest BCUT2D eigenvalue weighted by molar-refractivity contribution is -0.145. The van der Waals surface area contributed by atoms with Gasteiger partial charge < -0.3 is 19.7 Å². The zero-order valence-corrected chi connectivity index (χ0v) is 16.9. The minimum absolute atomic E-state index is 0.249. The van der Waals surface area contributed by atoms with Gasteiger partial charge in [0.15, 0.2) is 0 Å². The zero-order chi connectivity index (χ0) is 19.9. The summed E-state index contributed by atoms with van der Waals surface area (Å²) in [7, 11) is 0. The van der Waals surface area contributed by atoms with Crippen LogP contribution in [0, 0.1) is 11.3 Å². The number of anilines is 1. The molecule has 1 aromatic heterocycles. The first-order valence-electron chi connectivity index (χ1n) is 10.2. The van der Waals surface area contributed by atoms with E-state index in [1.807, 2.05) is 6.92 Å². The maximum atomic E-state index is 12.2. The summed E-state index contributed by atoms with van der Waals surface area (Å²) in [5, 5.41) is 13.2. The molecular formula is C21H28N4O3. The van der Waals surface area contributed by atoms with Crippen molar-refractivity contribution >= 4 is 11.8 Å². The maximum absolute atomic E-state index is 12.2. The smallest absolute Gasteiger partial charge is 0.324 e. The van der Waals surface area contributed by atoms with Gasteiger partial charge in [-0.1, -0.05) is 0 Å². The highest BCUT2D eigenvalue weighted by Gasteiger charge is 2.38. The molecule has 1 atom stereocenters. The lowest BCUT2D eigenvalue weighted by Crippen LogP contribution is -2.55. The molecule has 4 rings (SSSR count). The van der Waals surface area contributed by atoms with E-state index in [0.29, 0.717) is 50.8 Å². The van der Waals surface area contributed by atoms with E-state index in [9.17, 15) is 10.1 Å². The highest BCUT2D eigenvalue weighted by molar-refractivity contribution is 5.77. The van der Waals surface area contributed by atoms with Crippen LogP contribution in [0.1, 0.15) is 61.9 Å². The van der Waals surface area contributed by atoms with Gasteiger partial charge in [0.05, 0.1) is 30.1 Å². The predicted octanol–water partition coefficient (Wildman–Crippen LogP) is 2.02. The van der Waals surface area contributed by atoms with Crippen molar-refractivity contribution in [1.82, 2.24) is 10.3 Å². The van der Waals surface area contributed by atoms with Crippen molar-refractivity contribution in [2.45, 2.75) is 64.2 Å². The Labute approximate surface area is 166 Å². The number of pyridine rings is 1. The number of rotatable bonds is 4. The van der Waals surface area contributed by atoms with Gasteiger partial charge in [0.25, 0.3) is 0 Å². The summed E-state index contributed by atoms with van der Waals surface area (Å²) in [5.74, 6) is 0.936. The van der Waals surface area contributed by atoms with Gasteiger partial charge in [0, 0.05) is 37.5 Å². The van der Waals surface area contributed by atoms with Crippen LogP contribution < -0.4 is 10.2 Å². The van der Waals surface area contributed by atoms with Crippen LogP contribution in [0.5, 0.6) is 0 Å². The number of hydrogen-bond acceptors (Lipinski definition) is 7. The molecule has 1 unspecified atom stereocenters. The van der Waals surface area contributed by atoms with Crippen LogP contribution in [0.4, 0.5) is 5.82 Å². The predicted molar refractivity (Wildman–Crippen MR) is 104 cm³/mol. The molecule has 0 aromatic carbocycles. The van der Waals surface area contributed by atoms with Gasteiger partial charge in [-0.3, -0.25) is 4.79 Å². The lowest BCUT2D eigenvalue weighted by Gasteiger charge is -2.37. The molecule has 28 heavy (non-hydrogen) atoms. The molecule has 7 nitrogen and oxygen atoms in total. The Hall–Kier alpha value is -2.17. The zero-order valence-electron chi connectivity index (χ0n) is 16.9. The van der Waals surface area contributed by atoms with Gasteiger partial charge in [-0.05, 0) is 39.2 Å². The number of carbonyl (C=O) groups is 1. The van der Waals surface area contributed by atoms with Crippen LogP contribution in [0.25, 0.3) is 0 Å². The molecule has 2 aliphatic heterocycles. The van der Waals surface area contributed by atoms with Crippen molar-refractivity contribution in [1.29, 1.82) is 5.26 Å². The number of fused-ring (bicyclic) bond motifs is 1. The van der Waals surface area contributed by atoms with E-state index in [1.165, 1.54) is 0 Å². The molecule has 1 aromatic rings. The van der Waals surface area contributed by atoms with E-state index in [-0.39, 0.29) is 11.6 Å². The molecule has 0 bridgehead atoms. The normalized spacial score (nSPS) is 23.6. The minimum Gasteiger partial charge on any atom is -0.465 e. The van der Waals surface area contributed by atoms with Crippen LogP contribution in [0.2, 0.25) is 0 Å². The SMILES string of the molecule is CCOC(=O)C1CN(c2nc(C3CC3)c3c(c2C#N)CC(C)(C)OC3)CCN1. The fourth-order valence-electron chi connectivity index (χ4n) is 4.16. The highest BCUT2D eigenvalue weighted by Crippen LogP contribution is 2.45. The quantitative estimate of drug-likeness (QED) is 0.795. The van der Waals surface area contributed by atoms with Crippen LogP contribution in [0.3, 0.4) is 0 Å². The number of esters is 1. The maximum Gasteiger partial charge on any atom is 0.324 e. The number of carbonyl (C=O) groups excluding carboxylic acids is 1. The van der Waals surface area contributed by atoms with Crippen molar-refractivity contribution in [2.75, 3.05) is 31.1 Å². The Balaban J connectivity index is 1.73.